The Hall–Kier alpha value is -2.83. The molecule has 0 saturated heterocycles. The van der Waals surface area contributed by atoms with E-state index in [-0.39, 0.29) is 30.9 Å². The fourth-order valence-electron chi connectivity index (χ4n) is 3.98. The third-order valence-corrected chi connectivity index (χ3v) is 5.56. The number of aromatic amines is 1. The second-order valence-corrected chi connectivity index (χ2v) is 7.86. The Morgan fingerprint density at radius 3 is 2.72 bits per heavy atom. The average Bonchev–Trinajstić information content (AvgIpc) is 3.10. The highest BCUT2D eigenvalue weighted by Gasteiger charge is 2.26. The van der Waals surface area contributed by atoms with Crippen LogP contribution in [0.25, 0.3) is 10.9 Å². The van der Waals surface area contributed by atoms with Gasteiger partial charge in [0.15, 0.2) is 6.61 Å². The molecule has 1 saturated carbocycles. The number of aromatic nitrogens is 1. The highest BCUT2D eigenvalue weighted by atomic mass is 16.5. The molecule has 3 N–H and O–H groups in total. The van der Waals surface area contributed by atoms with Gasteiger partial charge in [0.1, 0.15) is 6.04 Å². The van der Waals surface area contributed by atoms with Gasteiger partial charge in [-0.2, -0.15) is 0 Å². The third kappa shape index (κ3) is 5.59. The molecule has 7 nitrogen and oxygen atoms in total. The van der Waals surface area contributed by atoms with E-state index in [4.69, 9.17) is 4.74 Å². The van der Waals surface area contributed by atoms with Crippen molar-refractivity contribution in [1.29, 1.82) is 0 Å². The molecule has 0 bridgehead atoms. The Balaban J connectivity index is 1.58. The van der Waals surface area contributed by atoms with E-state index in [9.17, 15) is 14.4 Å². The van der Waals surface area contributed by atoms with Crippen LogP contribution in [0, 0.1) is 5.92 Å². The molecule has 3 atom stereocenters. The number of benzene rings is 1. The molecule has 29 heavy (non-hydrogen) atoms. The summed E-state index contributed by atoms with van der Waals surface area (Å²) in [6, 6.07) is 7.02. The molecule has 7 heteroatoms. The van der Waals surface area contributed by atoms with Crippen molar-refractivity contribution in [2.45, 2.75) is 58.0 Å². The zero-order valence-corrected chi connectivity index (χ0v) is 17.0. The van der Waals surface area contributed by atoms with Crippen molar-refractivity contribution in [3.8, 4) is 0 Å². The van der Waals surface area contributed by atoms with Crippen molar-refractivity contribution < 1.29 is 19.1 Å². The van der Waals surface area contributed by atoms with Gasteiger partial charge >= 0.3 is 5.97 Å². The number of hydrogen-bond donors (Lipinski definition) is 3. The predicted octanol–water partition coefficient (Wildman–Crippen LogP) is 2.45. The van der Waals surface area contributed by atoms with Gasteiger partial charge in [-0.1, -0.05) is 38.0 Å². The van der Waals surface area contributed by atoms with Crippen molar-refractivity contribution in [1.82, 2.24) is 15.6 Å². The summed E-state index contributed by atoms with van der Waals surface area (Å²) < 4.78 is 5.23. The first kappa shape index (κ1) is 20.9. The van der Waals surface area contributed by atoms with Crippen LogP contribution >= 0.6 is 0 Å². The number of ether oxygens (including phenoxy) is 1. The molecule has 2 aromatic rings. The molecule has 0 unspecified atom stereocenters. The zero-order valence-electron chi connectivity index (χ0n) is 17.0. The van der Waals surface area contributed by atoms with E-state index >= 15 is 0 Å². The summed E-state index contributed by atoms with van der Waals surface area (Å²) in [5, 5.41) is 6.59. The van der Waals surface area contributed by atoms with Gasteiger partial charge in [-0.25, -0.2) is 4.79 Å². The van der Waals surface area contributed by atoms with E-state index in [0.717, 1.165) is 35.7 Å². The third-order valence-electron chi connectivity index (χ3n) is 5.56. The summed E-state index contributed by atoms with van der Waals surface area (Å²) in [5.74, 6) is -0.812. The van der Waals surface area contributed by atoms with Gasteiger partial charge < -0.3 is 20.4 Å². The lowest BCUT2D eigenvalue weighted by molar-refractivity contribution is -0.151. The molecule has 0 aliphatic heterocycles. The summed E-state index contributed by atoms with van der Waals surface area (Å²) in [7, 11) is 0. The maximum Gasteiger partial charge on any atom is 0.329 e. The molecular formula is C22H29N3O4. The number of nitrogens with one attached hydrogen (secondary N) is 3. The van der Waals surface area contributed by atoms with Crippen LogP contribution in [0.4, 0.5) is 0 Å². The zero-order chi connectivity index (χ0) is 20.8. The van der Waals surface area contributed by atoms with Crippen LogP contribution in [0.2, 0.25) is 0 Å². The number of esters is 1. The molecule has 156 valence electrons. The van der Waals surface area contributed by atoms with E-state index in [1.165, 1.54) is 13.3 Å². The van der Waals surface area contributed by atoms with E-state index in [0.29, 0.717) is 5.92 Å². The van der Waals surface area contributed by atoms with Crippen LogP contribution < -0.4 is 10.6 Å². The number of H-pyrrole nitrogens is 1. The highest BCUT2D eigenvalue weighted by Crippen LogP contribution is 2.23. The lowest BCUT2D eigenvalue weighted by Gasteiger charge is -2.29. The number of para-hydroxylation sites is 1. The molecule has 1 fully saturated rings. The number of fused-ring (bicyclic) bond motifs is 1. The normalized spacial score (nSPS) is 20.1. The van der Waals surface area contributed by atoms with Crippen LogP contribution in [0.3, 0.4) is 0 Å². The van der Waals surface area contributed by atoms with Crippen molar-refractivity contribution in [3.05, 3.63) is 36.0 Å². The quantitative estimate of drug-likeness (QED) is 0.623. The average molecular weight is 399 g/mol. The molecular weight excluding hydrogens is 370 g/mol. The Morgan fingerprint density at radius 1 is 1.21 bits per heavy atom. The second kappa shape index (κ2) is 9.58. The SMILES string of the molecule is CC(=O)N[C@@H](Cc1c[nH]c2ccccc12)C(=O)OCC(=O)N[C@H]1CCCC[C@@H]1C. The molecule has 1 aromatic heterocycles. The Kier molecular flexibility index (Phi) is 6.90. The fourth-order valence-corrected chi connectivity index (χ4v) is 3.98. The molecule has 0 radical (unpaired) electrons. The summed E-state index contributed by atoms with van der Waals surface area (Å²) >= 11 is 0. The summed E-state index contributed by atoms with van der Waals surface area (Å²) in [5.41, 5.74) is 1.86. The summed E-state index contributed by atoms with van der Waals surface area (Å²) in [4.78, 5) is 39.5. The Labute approximate surface area is 170 Å². The smallest absolute Gasteiger partial charge is 0.329 e. The maximum absolute atomic E-state index is 12.6. The number of hydrogen-bond acceptors (Lipinski definition) is 4. The largest absolute Gasteiger partial charge is 0.454 e. The first-order chi connectivity index (χ1) is 13.9. The topological polar surface area (TPSA) is 100 Å². The Bertz CT molecular complexity index is 876. The molecule has 0 spiro atoms. The van der Waals surface area contributed by atoms with Crippen molar-refractivity contribution in [2.75, 3.05) is 6.61 Å². The van der Waals surface area contributed by atoms with Crippen molar-refractivity contribution in [2.24, 2.45) is 5.92 Å². The van der Waals surface area contributed by atoms with Crippen LogP contribution in [0.5, 0.6) is 0 Å². The maximum atomic E-state index is 12.6. The monoisotopic (exact) mass is 399 g/mol. The number of amides is 2. The summed E-state index contributed by atoms with van der Waals surface area (Å²) in [6.45, 7) is 3.14. The minimum atomic E-state index is -0.854. The fraction of sp³-hybridized carbons (Fsp3) is 0.500. The first-order valence-electron chi connectivity index (χ1n) is 10.2. The molecule has 1 aliphatic rings. The number of rotatable bonds is 7. The molecule has 1 heterocycles. The van der Waals surface area contributed by atoms with Gasteiger partial charge in [0.2, 0.25) is 5.91 Å². The van der Waals surface area contributed by atoms with E-state index < -0.39 is 12.0 Å². The van der Waals surface area contributed by atoms with Gasteiger partial charge in [0, 0.05) is 36.5 Å². The van der Waals surface area contributed by atoms with Gasteiger partial charge in [-0.15, -0.1) is 0 Å². The van der Waals surface area contributed by atoms with E-state index in [2.05, 4.69) is 22.5 Å². The van der Waals surface area contributed by atoms with Crippen molar-refractivity contribution >= 4 is 28.7 Å². The number of carbonyl (C=O) groups is 3. The highest BCUT2D eigenvalue weighted by molar-refractivity contribution is 5.88. The first-order valence-corrected chi connectivity index (χ1v) is 10.2. The van der Waals surface area contributed by atoms with Gasteiger partial charge in [-0.05, 0) is 30.4 Å². The Morgan fingerprint density at radius 2 is 1.97 bits per heavy atom. The van der Waals surface area contributed by atoms with Crippen molar-refractivity contribution in [3.63, 3.8) is 0 Å². The van der Waals surface area contributed by atoms with Gasteiger partial charge in [0.05, 0.1) is 0 Å². The van der Waals surface area contributed by atoms with Gasteiger partial charge in [-0.3, -0.25) is 9.59 Å². The van der Waals surface area contributed by atoms with E-state index in [1.807, 2.05) is 30.5 Å². The van der Waals surface area contributed by atoms with Gasteiger partial charge in [0.25, 0.3) is 5.91 Å². The molecule has 1 aromatic carbocycles. The van der Waals surface area contributed by atoms with Crippen LogP contribution in [-0.4, -0.2) is 41.5 Å². The molecule has 2 amide bonds. The lowest BCUT2D eigenvalue weighted by Crippen LogP contribution is -2.45. The van der Waals surface area contributed by atoms with Crippen LogP contribution in [0.1, 0.15) is 45.1 Å². The van der Waals surface area contributed by atoms with E-state index in [1.54, 1.807) is 0 Å². The molecule has 3 rings (SSSR count). The predicted molar refractivity (Wildman–Crippen MR) is 110 cm³/mol. The lowest BCUT2D eigenvalue weighted by atomic mass is 9.86. The van der Waals surface area contributed by atoms with Crippen LogP contribution in [0.15, 0.2) is 30.5 Å². The van der Waals surface area contributed by atoms with Crippen LogP contribution in [-0.2, 0) is 25.5 Å². The second-order valence-electron chi connectivity index (χ2n) is 7.86. The minimum Gasteiger partial charge on any atom is -0.454 e. The number of carbonyl (C=O) groups excluding carboxylic acids is 3. The summed E-state index contributed by atoms with van der Waals surface area (Å²) in [6.07, 6.45) is 6.45. The standard InChI is InChI=1S/C22H29N3O4/c1-14-7-3-5-9-18(14)25-21(27)13-29-22(28)20(24-15(2)26)11-16-12-23-19-10-6-4-8-17(16)19/h4,6,8,10,12,14,18,20,23H,3,5,7,9,11,13H2,1-2H3,(H,24,26)(H,25,27)/t14-,18-,20-/m0/s1. The minimum absolute atomic E-state index is 0.132. The molecule has 1 aliphatic carbocycles.